The van der Waals surface area contributed by atoms with Crippen LogP contribution in [0.15, 0.2) is 24.3 Å². The maximum Gasteiger partial charge on any atom is 0.119 e. The van der Waals surface area contributed by atoms with E-state index in [1.165, 1.54) is 40.0 Å². The van der Waals surface area contributed by atoms with Crippen LogP contribution in [0, 0.1) is 6.92 Å². The molecule has 0 aliphatic carbocycles. The van der Waals surface area contributed by atoms with Crippen LogP contribution in [0.4, 0.5) is 0 Å². The number of ether oxygens (including phenoxy) is 1. The van der Waals surface area contributed by atoms with Crippen LogP contribution in [0.25, 0.3) is 10.9 Å². The lowest BCUT2D eigenvalue weighted by molar-refractivity contribution is 0.163. The summed E-state index contributed by atoms with van der Waals surface area (Å²) in [5.41, 5.74) is 5.69. The number of aromatic nitrogens is 1. The van der Waals surface area contributed by atoms with Gasteiger partial charge in [0, 0.05) is 45.5 Å². The highest BCUT2D eigenvalue weighted by atomic mass is 32.1. The molecule has 118 valence electrons. The van der Waals surface area contributed by atoms with Crippen LogP contribution in [-0.2, 0) is 19.4 Å². The molecule has 2 aliphatic rings. The fraction of sp³-hybridized carbons (Fsp3) is 0.368. The summed E-state index contributed by atoms with van der Waals surface area (Å²) in [6.45, 7) is 4.44. The Balaban J connectivity index is 1.64. The first-order valence-corrected chi connectivity index (χ1v) is 9.05. The largest absolute Gasteiger partial charge is 0.497 e. The number of thiophene rings is 1. The third kappa shape index (κ3) is 1.98. The lowest BCUT2D eigenvalue weighted by atomic mass is 9.90. The summed E-state index contributed by atoms with van der Waals surface area (Å²) in [7, 11) is 1.74. The monoisotopic (exact) mass is 324 g/mol. The van der Waals surface area contributed by atoms with Crippen LogP contribution in [0.2, 0.25) is 0 Å². The molecule has 1 atom stereocenters. The molecule has 0 amide bonds. The molecule has 0 saturated heterocycles. The Morgan fingerprint density at radius 2 is 2.22 bits per heavy atom. The van der Waals surface area contributed by atoms with Gasteiger partial charge in [0.05, 0.1) is 7.11 Å². The van der Waals surface area contributed by atoms with Crippen molar-refractivity contribution in [2.75, 3.05) is 13.7 Å². The molecule has 2 aliphatic heterocycles. The number of methoxy groups -OCH3 is 1. The van der Waals surface area contributed by atoms with Crippen LogP contribution in [0.5, 0.6) is 5.75 Å². The van der Waals surface area contributed by atoms with Crippen molar-refractivity contribution < 1.29 is 4.74 Å². The van der Waals surface area contributed by atoms with Crippen LogP contribution in [0.3, 0.4) is 0 Å². The Hall–Kier alpha value is -1.78. The number of aromatic amines is 1. The molecule has 0 radical (unpaired) electrons. The number of hydrogen-bond acceptors (Lipinski definition) is 3. The van der Waals surface area contributed by atoms with Crippen molar-refractivity contribution >= 4 is 22.2 Å². The van der Waals surface area contributed by atoms with Gasteiger partial charge in [-0.05, 0) is 55.2 Å². The van der Waals surface area contributed by atoms with Gasteiger partial charge in [0.2, 0.25) is 0 Å². The van der Waals surface area contributed by atoms with Crippen molar-refractivity contribution in [3.05, 3.63) is 50.8 Å². The molecule has 3 aromatic rings. The number of nitrogens with zero attached hydrogens (tertiary/aromatic N) is 1. The third-order valence-electron chi connectivity index (χ3n) is 5.34. The van der Waals surface area contributed by atoms with E-state index in [1.54, 1.807) is 17.6 Å². The SMILES string of the molecule is COc1ccc2[nH]c3c(c2c1)C[C@H]1c2sc(C)cc2CCN1C3. The van der Waals surface area contributed by atoms with Crippen LogP contribution < -0.4 is 4.74 Å². The first-order valence-electron chi connectivity index (χ1n) is 8.23. The molecule has 4 heterocycles. The van der Waals surface area contributed by atoms with E-state index >= 15 is 0 Å². The van der Waals surface area contributed by atoms with Crippen molar-refractivity contribution in [1.82, 2.24) is 9.88 Å². The number of hydrogen-bond donors (Lipinski definition) is 1. The van der Waals surface area contributed by atoms with E-state index < -0.39 is 0 Å². The molecule has 0 bridgehead atoms. The normalized spacial score (nSPS) is 20.2. The van der Waals surface area contributed by atoms with Crippen LogP contribution in [0.1, 0.15) is 32.6 Å². The summed E-state index contributed by atoms with van der Waals surface area (Å²) in [5, 5.41) is 1.33. The summed E-state index contributed by atoms with van der Waals surface area (Å²) in [5.74, 6) is 0.943. The fourth-order valence-electron chi connectivity index (χ4n) is 4.23. The van der Waals surface area contributed by atoms with Gasteiger partial charge in [-0.1, -0.05) is 0 Å². The summed E-state index contributed by atoms with van der Waals surface area (Å²) in [4.78, 5) is 9.32. The molecule has 1 N–H and O–H groups in total. The van der Waals surface area contributed by atoms with Crippen molar-refractivity contribution in [2.45, 2.75) is 32.4 Å². The summed E-state index contributed by atoms with van der Waals surface area (Å²) < 4.78 is 5.43. The number of nitrogens with one attached hydrogen (secondary N) is 1. The van der Waals surface area contributed by atoms with Gasteiger partial charge in [0.25, 0.3) is 0 Å². The Morgan fingerprint density at radius 1 is 1.30 bits per heavy atom. The number of aryl methyl sites for hydroxylation is 1. The molecule has 1 aromatic carbocycles. The van der Waals surface area contributed by atoms with E-state index in [4.69, 9.17) is 4.74 Å². The zero-order chi connectivity index (χ0) is 15.6. The van der Waals surface area contributed by atoms with Crippen LogP contribution in [-0.4, -0.2) is 23.5 Å². The Bertz CT molecular complexity index is 908. The van der Waals surface area contributed by atoms with Crippen molar-refractivity contribution in [2.24, 2.45) is 0 Å². The predicted octanol–water partition coefficient (Wildman–Crippen LogP) is 4.20. The predicted molar refractivity (Wildman–Crippen MR) is 94.5 cm³/mol. The zero-order valence-corrected chi connectivity index (χ0v) is 14.3. The van der Waals surface area contributed by atoms with Gasteiger partial charge >= 0.3 is 0 Å². The van der Waals surface area contributed by atoms with E-state index in [1.807, 2.05) is 17.4 Å². The second kappa shape index (κ2) is 4.86. The summed E-state index contributed by atoms with van der Waals surface area (Å²) in [6, 6.07) is 9.31. The number of fused-ring (bicyclic) bond motifs is 6. The average Bonchev–Trinajstić information content (AvgIpc) is 3.11. The second-order valence-corrected chi connectivity index (χ2v) is 7.97. The minimum Gasteiger partial charge on any atom is -0.497 e. The molecular weight excluding hydrogens is 304 g/mol. The average molecular weight is 324 g/mol. The van der Waals surface area contributed by atoms with Gasteiger partial charge < -0.3 is 9.72 Å². The van der Waals surface area contributed by atoms with Crippen LogP contribution >= 0.6 is 11.3 Å². The van der Waals surface area contributed by atoms with Crippen molar-refractivity contribution in [3.63, 3.8) is 0 Å². The smallest absolute Gasteiger partial charge is 0.119 e. The molecule has 0 spiro atoms. The number of H-pyrrole nitrogens is 1. The molecule has 3 nitrogen and oxygen atoms in total. The molecule has 23 heavy (non-hydrogen) atoms. The molecule has 4 heteroatoms. The first kappa shape index (κ1) is 13.6. The minimum absolute atomic E-state index is 0.551. The number of rotatable bonds is 1. The molecule has 5 rings (SSSR count). The Labute approximate surface area is 139 Å². The van der Waals surface area contributed by atoms with Gasteiger partial charge in [-0.15, -0.1) is 11.3 Å². The van der Waals surface area contributed by atoms with Gasteiger partial charge in [0.1, 0.15) is 5.75 Å². The highest BCUT2D eigenvalue weighted by Crippen LogP contribution is 2.43. The number of benzene rings is 1. The third-order valence-corrected chi connectivity index (χ3v) is 6.53. The maximum atomic E-state index is 5.43. The Kier molecular flexibility index (Phi) is 2.88. The first-order chi connectivity index (χ1) is 11.2. The highest BCUT2D eigenvalue weighted by molar-refractivity contribution is 7.12. The highest BCUT2D eigenvalue weighted by Gasteiger charge is 2.34. The molecular formula is C19H20N2OS. The van der Waals surface area contributed by atoms with Gasteiger partial charge in [-0.2, -0.15) is 0 Å². The van der Waals surface area contributed by atoms with Crippen molar-refractivity contribution in [3.8, 4) is 5.75 Å². The molecule has 0 unspecified atom stereocenters. The zero-order valence-electron chi connectivity index (χ0n) is 13.5. The van der Waals surface area contributed by atoms with E-state index in [9.17, 15) is 0 Å². The van der Waals surface area contributed by atoms with E-state index in [0.29, 0.717) is 6.04 Å². The van der Waals surface area contributed by atoms with Crippen molar-refractivity contribution in [1.29, 1.82) is 0 Å². The second-order valence-electron chi connectivity index (χ2n) is 6.68. The molecule has 0 saturated carbocycles. The molecule has 2 aromatic heterocycles. The van der Waals surface area contributed by atoms with Gasteiger partial charge in [-0.3, -0.25) is 4.90 Å². The fourth-order valence-corrected chi connectivity index (χ4v) is 5.44. The Morgan fingerprint density at radius 3 is 3.09 bits per heavy atom. The minimum atomic E-state index is 0.551. The van der Waals surface area contributed by atoms with E-state index in [0.717, 1.165) is 18.7 Å². The van der Waals surface area contributed by atoms with Gasteiger partial charge in [-0.25, -0.2) is 0 Å². The molecule has 0 fully saturated rings. The quantitative estimate of drug-likeness (QED) is 0.726. The van der Waals surface area contributed by atoms with Gasteiger partial charge in [0.15, 0.2) is 0 Å². The lowest BCUT2D eigenvalue weighted by Crippen LogP contribution is -2.38. The summed E-state index contributed by atoms with van der Waals surface area (Å²) in [6.07, 6.45) is 2.30. The maximum absolute atomic E-state index is 5.43. The van der Waals surface area contributed by atoms with E-state index in [2.05, 4.69) is 35.0 Å². The standard InChI is InChI=1S/C19H20N2OS/c1-11-7-12-5-6-21-10-17-15(9-18(21)19(12)23-11)14-8-13(22-2)3-4-16(14)20-17/h3-4,7-8,18,20H,5-6,9-10H2,1-2H3/t18-/m0/s1. The van der Waals surface area contributed by atoms with E-state index in [-0.39, 0.29) is 0 Å². The summed E-state index contributed by atoms with van der Waals surface area (Å²) >= 11 is 1.99. The lowest BCUT2D eigenvalue weighted by Gasteiger charge is -2.39. The topological polar surface area (TPSA) is 28.3 Å².